The largest absolute Gasteiger partial charge is 0.456 e. The molecule has 0 saturated heterocycles. The Labute approximate surface area is 174 Å². The van der Waals surface area contributed by atoms with Gasteiger partial charge >= 0.3 is 5.97 Å². The van der Waals surface area contributed by atoms with Gasteiger partial charge in [0.05, 0.1) is 22.2 Å². The Bertz CT molecular complexity index is 1190. The number of nitro benzene ring substituents is 1. The minimum atomic E-state index is -0.677. The molecule has 0 radical (unpaired) electrons. The Kier molecular flexibility index (Phi) is 6.38. The fourth-order valence-corrected chi connectivity index (χ4v) is 2.81. The lowest BCUT2D eigenvalue weighted by molar-refractivity contribution is -0.384. The number of carbonyl (C=O) groups excluding carboxylic acids is 2. The van der Waals surface area contributed by atoms with Gasteiger partial charge in [-0.2, -0.15) is 0 Å². The molecule has 0 bridgehead atoms. The zero-order valence-corrected chi connectivity index (χ0v) is 16.1. The predicted octanol–water partition coefficient (Wildman–Crippen LogP) is 2.60. The van der Waals surface area contributed by atoms with Gasteiger partial charge in [0.25, 0.3) is 17.2 Å². The molecule has 3 aromatic rings. The second-order valence-electron chi connectivity index (χ2n) is 6.16. The van der Waals surface area contributed by atoms with Gasteiger partial charge in [-0.25, -0.2) is 4.98 Å². The SMILES string of the molecule is O=C(COC(=O)CCc1nc2ccccc2c(=O)[nH]1)Nc1ccc(Cl)c([N+](=O)[O-])c1. The van der Waals surface area contributed by atoms with E-state index in [0.29, 0.717) is 16.7 Å². The molecule has 11 heteroatoms. The van der Waals surface area contributed by atoms with E-state index < -0.39 is 23.4 Å². The van der Waals surface area contributed by atoms with Crippen LogP contribution >= 0.6 is 11.6 Å². The third-order valence-electron chi connectivity index (χ3n) is 4.02. The highest BCUT2D eigenvalue weighted by Crippen LogP contribution is 2.27. The molecule has 0 fully saturated rings. The Hall–Kier alpha value is -3.79. The number of benzene rings is 2. The molecule has 0 unspecified atom stereocenters. The molecule has 0 aliphatic heterocycles. The first-order valence-corrected chi connectivity index (χ1v) is 9.08. The second kappa shape index (κ2) is 9.14. The number of hydrogen-bond acceptors (Lipinski definition) is 7. The van der Waals surface area contributed by atoms with E-state index >= 15 is 0 Å². The van der Waals surface area contributed by atoms with Gasteiger partial charge in [0.2, 0.25) is 0 Å². The highest BCUT2D eigenvalue weighted by Gasteiger charge is 2.15. The lowest BCUT2D eigenvalue weighted by atomic mass is 10.2. The summed E-state index contributed by atoms with van der Waals surface area (Å²) < 4.78 is 4.89. The van der Waals surface area contributed by atoms with Crippen molar-refractivity contribution in [2.75, 3.05) is 11.9 Å². The van der Waals surface area contributed by atoms with Crippen LogP contribution in [-0.4, -0.2) is 33.4 Å². The molecule has 1 aromatic heterocycles. The normalized spacial score (nSPS) is 10.6. The maximum Gasteiger partial charge on any atom is 0.306 e. The Balaban J connectivity index is 1.51. The van der Waals surface area contributed by atoms with Gasteiger partial charge in [-0.3, -0.25) is 24.5 Å². The lowest BCUT2D eigenvalue weighted by Crippen LogP contribution is -2.21. The van der Waals surface area contributed by atoms with E-state index in [0.717, 1.165) is 6.07 Å². The number of esters is 1. The number of carbonyl (C=O) groups is 2. The number of halogens is 1. The van der Waals surface area contributed by atoms with E-state index in [9.17, 15) is 24.5 Å². The zero-order valence-electron chi connectivity index (χ0n) is 15.4. The van der Waals surface area contributed by atoms with Gasteiger partial charge in [0.1, 0.15) is 10.8 Å². The van der Waals surface area contributed by atoms with Crippen molar-refractivity contribution in [2.45, 2.75) is 12.8 Å². The molecular formula is C19H15ClN4O6. The van der Waals surface area contributed by atoms with E-state index in [1.54, 1.807) is 24.3 Å². The van der Waals surface area contributed by atoms with Crippen LogP contribution in [-0.2, 0) is 20.7 Å². The number of amides is 1. The average Bonchev–Trinajstić information content (AvgIpc) is 2.72. The monoisotopic (exact) mass is 430 g/mol. The Morgan fingerprint density at radius 1 is 1.23 bits per heavy atom. The number of nitro groups is 1. The summed E-state index contributed by atoms with van der Waals surface area (Å²) in [5, 5.41) is 13.6. The number of nitrogens with one attached hydrogen (secondary N) is 2. The van der Waals surface area contributed by atoms with Crippen LogP contribution in [0.1, 0.15) is 12.2 Å². The van der Waals surface area contributed by atoms with Crippen LogP contribution in [0.5, 0.6) is 0 Å². The highest BCUT2D eigenvalue weighted by atomic mass is 35.5. The number of aromatic nitrogens is 2. The second-order valence-corrected chi connectivity index (χ2v) is 6.57. The van der Waals surface area contributed by atoms with Crippen molar-refractivity contribution in [3.05, 3.63) is 73.8 Å². The molecular weight excluding hydrogens is 416 g/mol. The van der Waals surface area contributed by atoms with Crippen molar-refractivity contribution in [1.29, 1.82) is 0 Å². The first-order valence-electron chi connectivity index (χ1n) is 8.71. The molecule has 1 heterocycles. The molecule has 3 rings (SSSR count). The summed E-state index contributed by atoms with van der Waals surface area (Å²) in [4.78, 5) is 52.9. The van der Waals surface area contributed by atoms with Crippen LogP contribution in [0.2, 0.25) is 5.02 Å². The number of hydrogen-bond donors (Lipinski definition) is 2. The summed E-state index contributed by atoms with van der Waals surface area (Å²) in [6, 6.07) is 10.6. The van der Waals surface area contributed by atoms with Gasteiger partial charge in [0.15, 0.2) is 6.61 Å². The first kappa shape index (κ1) is 20.9. The predicted molar refractivity (Wildman–Crippen MR) is 108 cm³/mol. The molecule has 2 aromatic carbocycles. The van der Waals surface area contributed by atoms with E-state index in [2.05, 4.69) is 15.3 Å². The molecule has 10 nitrogen and oxygen atoms in total. The molecule has 0 spiro atoms. The van der Waals surface area contributed by atoms with Crippen molar-refractivity contribution in [2.24, 2.45) is 0 Å². The molecule has 0 saturated carbocycles. The van der Waals surface area contributed by atoms with Gasteiger partial charge < -0.3 is 15.0 Å². The van der Waals surface area contributed by atoms with Crippen LogP contribution in [0.3, 0.4) is 0 Å². The summed E-state index contributed by atoms with van der Waals surface area (Å²) in [6.07, 6.45) is 0.0326. The molecule has 0 atom stereocenters. The van der Waals surface area contributed by atoms with Crippen molar-refractivity contribution in [3.8, 4) is 0 Å². The smallest absolute Gasteiger partial charge is 0.306 e. The summed E-state index contributed by atoms with van der Waals surface area (Å²) in [6.45, 7) is -0.572. The number of para-hydroxylation sites is 1. The van der Waals surface area contributed by atoms with E-state index in [4.69, 9.17) is 16.3 Å². The van der Waals surface area contributed by atoms with Crippen molar-refractivity contribution in [1.82, 2.24) is 9.97 Å². The lowest BCUT2D eigenvalue weighted by Gasteiger charge is -2.07. The number of nitrogens with zero attached hydrogens (tertiary/aromatic N) is 2. The van der Waals surface area contributed by atoms with E-state index in [1.807, 2.05) is 0 Å². The number of aromatic amines is 1. The van der Waals surface area contributed by atoms with Crippen molar-refractivity contribution in [3.63, 3.8) is 0 Å². The molecule has 0 aliphatic rings. The average molecular weight is 431 g/mol. The fourth-order valence-electron chi connectivity index (χ4n) is 2.62. The van der Waals surface area contributed by atoms with Crippen LogP contribution in [0.25, 0.3) is 10.9 Å². The van der Waals surface area contributed by atoms with Gasteiger partial charge in [-0.05, 0) is 24.3 Å². The number of anilines is 1. The van der Waals surface area contributed by atoms with Gasteiger partial charge in [-0.15, -0.1) is 0 Å². The van der Waals surface area contributed by atoms with Crippen LogP contribution in [0.15, 0.2) is 47.3 Å². The summed E-state index contributed by atoms with van der Waals surface area (Å²) >= 11 is 5.71. The minimum absolute atomic E-state index is 0.0650. The van der Waals surface area contributed by atoms with E-state index in [1.165, 1.54) is 12.1 Å². The summed E-state index contributed by atoms with van der Waals surface area (Å²) in [7, 11) is 0. The third kappa shape index (κ3) is 5.17. The molecule has 1 amide bonds. The standard InChI is InChI=1S/C19H15ClN4O6/c20-13-6-5-11(9-15(13)24(28)29)21-17(25)10-30-18(26)8-7-16-22-14-4-2-1-3-12(14)19(27)23-16/h1-6,9H,7-8,10H2,(H,21,25)(H,22,23,27). The molecule has 154 valence electrons. The number of ether oxygens (including phenoxy) is 1. The summed E-state index contributed by atoms with van der Waals surface area (Å²) in [5.41, 5.74) is -0.00474. The third-order valence-corrected chi connectivity index (χ3v) is 4.34. The number of H-pyrrole nitrogens is 1. The van der Waals surface area contributed by atoms with Gasteiger partial charge in [0, 0.05) is 18.2 Å². The number of aryl methyl sites for hydroxylation is 1. The van der Waals surface area contributed by atoms with E-state index in [-0.39, 0.29) is 34.8 Å². The minimum Gasteiger partial charge on any atom is -0.456 e. The Morgan fingerprint density at radius 3 is 2.77 bits per heavy atom. The molecule has 2 N–H and O–H groups in total. The van der Waals surface area contributed by atoms with Crippen LogP contribution in [0, 0.1) is 10.1 Å². The zero-order chi connectivity index (χ0) is 21.7. The van der Waals surface area contributed by atoms with Crippen molar-refractivity contribution < 1.29 is 19.2 Å². The number of fused-ring (bicyclic) bond motifs is 1. The van der Waals surface area contributed by atoms with Crippen LogP contribution in [0.4, 0.5) is 11.4 Å². The maximum atomic E-state index is 12.0. The first-order chi connectivity index (χ1) is 14.3. The Morgan fingerprint density at radius 2 is 2.00 bits per heavy atom. The van der Waals surface area contributed by atoms with Gasteiger partial charge in [-0.1, -0.05) is 23.7 Å². The van der Waals surface area contributed by atoms with Crippen LogP contribution < -0.4 is 10.9 Å². The topological polar surface area (TPSA) is 144 Å². The molecule has 30 heavy (non-hydrogen) atoms. The maximum absolute atomic E-state index is 12.0. The molecule has 0 aliphatic carbocycles. The quantitative estimate of drug-likeness (QED) is 0.333. The van der Waals surface area contributed by atoms with Crippen molar-refractivity contribution >= 4 is 45.8 Å². The number of rotatable bonds is 7. The highest BCUT2D eigenvalue weighted by molar-refractivity contribution is 6.32. The summed E-state index contributed by atoms with van der Waals surface area (Å²) in [5.74, 6) is -1.01. The fraction of sp³-hybridized carbons (Fsp3) is 0.158.